The van der Waals surface area contributed by atoms with Crippen LogP contribution in [-0.4, -0.2) is 215 Å². The number of likely N-dealkylation sites (tertiary alicyclic amines) is 3. The first kappa shape index (κ1) is 108. The van der Waals surface area contributed by atoms with Gasteiger partial charge in [-0.25, -0.2) is 4.79 Å². The number of benzene rings is 8. The molecule has 4 aliphatic carbocycles. The van der Waals surface area contributed by atoms with E-state index in [1.165, 1.54) is 93.4 Å². The Labute approximate surface area is 869 Å². The van der Waals surface area contributed by atoms with Crippen LogP contribution < -0.4 is 18.9 Å². The number of piperazine rings is 1. The van der Waals surface area contributed by atoms with Crippen LogP contribution >= 0.6 is 24.8 Å². The summed E-state index contributed by atoms with van der Waals surface area (Å²) < 4.78 is 30.1. The standard InChI is InChI=1S/C31H37N3O6.C31H38N2O4.C28H32N2O4.C27H30N2O4.2ClH/c1-31(2,3)40-30(38)33-15-13-32(14-16-33)18-21-7-9-22(10-8-21)20-39-28-6-4-5-24-25(28)19-34(29(24)37)26-12-11-23(35)17-27(26)36;1-31(2,3)23-13-15-32(16-14-23)18-21-7-9-22(10-8-21)20-37-29-6-4-5-25-26(29)19-33(30(25)36)27-12-11-24(34)17-28(27)35;1-19-11-13-29(14-12-19)16-20-5-7-21(8-6-20)18-34-27-4-2-3-23-24(27)17-30(28(23)33)25-10-9-22(31)15-26(25)32;30-21-11-12-24(25(31)15-21)29-17-23-22(27(29)32)5-4-6-26(23)33-18-20-9-7-19(8-10-20)16-28-13-2-1-3-14-28;;/h4-10,26H,11-20H2,1-3H3;4-10,23,27H,11-20H2,1-3H3;2-8,19,25H,9-18H2,1H3;4-10,24H,1-3,11-18H2;2*1H. The molecule has 4 saturated carbocycles. The first-order chi connectivity index (χ1) is 69.3. The molecule has 27 nitrogen and oxygen atoms in total. The number of piperidine rings is 3. The number of carbonyl (C=O) groups is 13. The van der Waals surface area contributed by atoms with Crippen molar-refractivity contribution in [2.24, 2.45) is 17.3 Å². The number of nitrogens with zero attached hydrogens (tertiary/aromatic N) is 9. The van der Waals surface area contributed by atoms with Gasteiger partial charge in [-0.15, -0.1) is 24.8 Å². The number of halogens is 2. The third kappa shape index (κ3) is 27.1. The molecular weight excluding hydrogens is 1890 g/mol. The molecule has 8 aliphatic heterocycles. The maximum atomic E-state index is 13.1. The highest BCUT2D eigenvalue weighted by molar-refractivity contribution is 6.11. The molecule has 4 atom stereocenters. The molecule has 4 unspecified atom stereocenters. The quantitative estimate of drug-likeness (QED) is 0.0508. The van der Waals surface area contributed by atoms with Crippen molar-refractivity contribution in [3.05, 3.63) is 259 Å². The second-order valence-electron chi connectivity index (χ2n) is 43.2. The SMILES string of the molecule is CC(C)(C)C1CCN(Cc2ccc(COc3cccc4c3CN(C3CCC(=O)CC3=O)C4=O)cc2)CC1.CC(C)(C)OC(=O)N1CCN(Cc2ccc(COc3cccc4c3CN(C3CCC(=O)CC3=O)C4=O)cc2)CC1.CC1CCN(Cc2ccc(COc3cccc4c3CN(C3CCC(=O)CC3=O)C4=O)cc2)CC1.Cl.Cl.O=C1CCC(N2Cc3c(OCc4ccc(CN5CCCCC5)cc4)cccc3C2=O)C(=O)C1. The van der Waals surface area contributed by atoms with Gasteiger partial charge in [-0.1, -0.05) is 155 Å². The molecule has 0 spiro atoms. The number of fused-ring (bicyclic) bond motifs is 4. The van der Waals surface area contributed by atoms with Gasteiger partial charge in [0.2, 0.25) is 0 Å². The van der Waals surface area contributed by atoms with Gasteiger partial charge in [-0.2, -0.15) is 0 Å². The third-order valence-corrected chi connectivity index (χ3v) is 30.5. The van der Waals surface area contributed by atoms with Crippen molar-refractivity contribution in [3.8, 4) is 23.0 Å². The van der Waals surface area contributed by atoms with Crippen LogP contribution in [0.15, 0.2) is 170 Å². The Morgan fingerprint density at radius 3 is 0.815 bits per heavy atom. The molecule has 0 bridgehead atoms. The Hall–Kier alpha value is -12.1. The Bertz CT molecular complexity index is 6090. The minimum atomic E-state index is -0.543. The van der Waals surface area contributed by atoms with Crippen LogP contribution in [-0.2, 0) is 122 Å². The molecule has 0 radical (unpaired) electrons. The molecule has 12 aliphatic rings. The number of carbonyl (C=O) groups excluding carboxylic acids is 13. The van der Waals surface area contributed by atoms with Crippen LogP contribution in [0.2, 0.25) is 0 Å². The second-order valence-corrected chi connectivity index (χ2v) is 43.2. The van der Waals surface area contributed by atoms with E-state index in [-0.39, 0.29) is 126 Å². The summed E-state index contributed by atoms with van der Waals surface area (Å²) in [5, 5.41) is 0. The van der Waals surface area contributed by atoms with Crippen LogP contribution in [0.3, 0.4) is 0 Å². The van der Waals surface area contributed by atoms with Gasteiger partial charge in [-0.05, 0) is 235 Å². The minimum absolute atomic E-state index is 0. The van der Waals surface area contributed by atoms with Gasteiger partial charge in [0.05, 0.1) is 76.0 Å². The zero-order valence-electron chi connectivity index (χ0n) is 85.3. The lowest BCUT2D eigenvalue weighted by Gasteiger charge is -2.38. The van der Waals surface area contributed by atoms with Gasteiger partial charge in [0, 0.05) is 123 Å². The van der Waals surface area contributed by atoms with E-state index >= 15 is 0 Å². The van der Waals surface area contributed by atoms with E-state index in [2.05, 4.69) is 132 Å². The summed E-state index contributed by atoms with van der Waals surface area (Å²) in [5.41, 5.74) is 14.9. The summed E-state index contributed by atoms with van der Waals surface area (Å²) in [7, 11) is 0. The molecule has 146 heavy (non-hydrogen) atoms. The summed E-state index contributed by atoms with van der Waals surface area (Å²) in [5.74, 6) is 2.90. The smallest absolute Gasteiger partial charge is 0.410 e. The Kier molecular flexibility index (Phi) is 36.1. The van der Waals surface area contributed by atoms with Crippen LogP contribution in [0, 0.1) is 17.3 Å². The maximum Gasteiger partial charge on any atom is 0.410 e. The molecule has 774 valence electrons. The second kappa shape index (κ2) is 48.7. The molecular formula is C117H139Cl2N9O18. The topological polar surface area (TPSA) is 297 Å². The molecule has 8 aromatic carbocycles. The van der Waals surface area contributed by atoms with Crippen LogP contribution in [0.5, 0.6) is 23.0 Å². The van der Waals surface area contributed by atoms with Crippen molar-refractivity contribution in [3.63, 3.8) is 0 Å². The Balaban J connectivity index is 0.000000146. The number of ketones is 8. The first-order valence-corrected chi connectivity index (χ1v) is 51.9. The third-order valence-electron chi connectivity index (χ3n) is 30.5. The first-order valence-electron chi connectivity index (χ1n) is 51.9. The lowest BCUT2D eigenvalue weighted by molar-refractivity contribution is -0.134. The van der Waals surface area contributed by atoms with E-state index in [4.69, 9.17) is 23.7 Å². The largest absolute Gasteiger partial charge is 0.489 e. The van der Waals surface area contributed by atoms with Crippen molar-refractivity contribution >= 4 is 101 Å². The predicted molar refractivity (Wildman–Crippen MR) is 557 cm³/mol. The summed E-state index contributed by atoms with van der Waals surface area (Å²) in [6.07, 6.45) is 11.5. The highest BCUT2D eigenvalue weighted by Gasteiger charge is 2.46. The molecule has 20 rings (SSSR count). The van der Waals surface area contributed by atoms with Gasteiger partial charge in [0.25, 0.3) is 23.6 Å². The normalized spacial score (nSPS) is 20.8. The van der Waals surface area contributed by atoms with Crippen LogP contribution in [0.4, 0.5) is 4.79 Å². The molecule has 8 aromatic rings. The molecule has 8 heterocycles. The van der Waals surface area contributed by atoms with Gasteiger partial charge in [0.15, 0.2) is 23.1 Å². The van der Waals surface area contributed by atoms with Crippen molar-refractivity contribution < 1.29 is 86.0 Å². The van der Waals surface area contributed by atoms with E-state index in [0.29, 0.717) is 168 Å². The van der Waals surface area contributed by atoms with E-state index in [1.54, 1.807) is 54.8 Å². The summed E-state index contributed by atoms with van der Waals surface area (Å²) in [4.78, 5) is 179. The number of hydrogen-bond acceptors (Lipinski definition) is 22. The Morgan fingerprint density at radius 2 is 0.555 bits per heavy atom. The van der Waals surface area contributed by atoms with Crippen LogP contribution in [0.25, 0.3) is 0 Å². The maximum absolute atomic E-state index is 13.1. The summed E-state index contributed by atoms with van der Waals surface area (Å²) >= 11 is 0. The highest BCUT2D eigenvalue weighted by atomic mass is 35.5. The van der Waals surface area contributed by atoms with Crippen molar-refractivity contribution in [1.82, 2.24) is 44.1 Å². The number of Topliss-reactive ketones (excluding diaryl/α,β-unsaturated/α-hetero) is 8. The fourth-order valence-electron chi connectivity index (χ4n) is 22.0. The average Bonchev–Trinajstić information content (AvgIpc) is 1.64. The average molecular weight is 2030 g/mol. The number of hydrogen-bond donors (Lipinski definition) is 0. The van der Waals surface area contributed by atoms with Gasteiger partial charge < -0.3 is 48.2 Å². The lowest BCUT2D eigenvalue weighted by atomic mass is 9.75. The molecule has 8 fully saturated rings. The van der Waals surface area contributed by atoms with Gasteiger partial charge >= 0.3 is 6.09 Å². The van der Waals surface area contributed by atoms with Crippen LogP contribution in [0.1, 0.15) is 279 Å². The minimum Gasteiger partial charge on any atom is -0.489 e. The predicted octanol–water partition coefficient (Wildman–Crippen LogP) is 18.0. The molecule has 5 amide bonds. The van der Waals surface area contributed by atoms with Crippen molar-refractivity contribution in [2.75, 3.05) is 65.4 Å². The molecule has 0 N–H and O–H groups in total. The van der Waals surface area contributed by atoms with E-state index in [9.17, 15) is 62.3 Å². The fourth-order valence-corrected chi connectivity index (χ4v) is 22.0. The number of rotatable bonds is 24. The Morgan fingerprint density at radius 1 is 0.301 bits per heavy atom. The molecule has 0 aromatic heterocycles. The zero-order chi connectivity index (χ0) is 101. The highest BCUT2D eigenvalue weighted by Crippen LogP contribution is 2.42. The van der Waals surface area contributed by atoms with E-state index in [0.717, 1.165) is 109 Å². The van der Waals surface area contributed by atoms with Crippen molar-refractivity contribution in [1.29, 1.82) is 0 Å². The number of ether oxygens (including phenoxy) is 5. The molecule has 4 saturated heterocycles. The number of amides is 5. The fraction of sp³-hybridized carbons (Fsp3) is 0.479. The lowest BCUT2D eigenvalue weighted by Crippen LogP contribution is -2.49. The monoisotopic (exact) mass is 2030 g/mol. The van der Waals surface area contributed by atoms with Crippen molar-refractivity contribution in [2.45, 2.75) is 279 Å². The molecule has 29 heteroatoms. The van der Waals surface area contributed by atoms with E-state index < -0.39 is 29.8 Å². The van der Waals surface area contributed by atoms with Gasteiger partial charge in [0.1, 0.15) is 78.2 Å². The van der Waals surface area contributed by atoms with E-state index in [1.807, 2.05) is 75.4 Å². The van der Waals surface area contributed by atoms with Gasteiger partial charge in [-0.3, -0.25) is 77.1 Å². The summed E-state index contributed by atoms with van der Waals surface area (Å²) in [6, 6.07) is 53.9. The zero-order valence-corrected chi connectivity index (χ0v) is 86.9. The summed E-state index contributed by atoms with van der Waals surface area (Å²) in [6.45, 7) is 31.7.